The Balaban J connectivity index is 2.70. The van der Waals surface area contributed by atoms with Gasteiger partial charge in [0.15, 0.2) is 6.10 Å². The average Bonchev–Trinajstić information content (AvgIpc) is 2.24. The fourth-order valence-electron chi connectivity index (χ4n) is 1.10. The summed E-state index contributed by atoms with van der Waals surface area (Å²) in [4.78, 5) is 9.94. The van der Waals surface area contributed by atoms with Crippen LogP contribution in [0.2, 0.25) is 0 Å². The van der Waals surface area contributed by atoms with Gasteiger partial charge in [-0.05, 0) is 34.7 Å². The predicted molar refractivity (Wildman–Crippen MR) is 66.4 cm³/mol. The molecule has 5 nitrogen and oxygen atoms in total. The van der Waals surface area contributed by atoms with Crippen LogP contribution in [0.3, 0.4) is 0 Å². The van der Waals surface area contributed by atoms with Crippen LogP contribution in [0.25, 0.3) is 0 Å². The van der Waals surface area contributed by atoms with Gasteiger partial charge in [-0.1, -0.05) is 0 Å². The van der Waals surface area contributed by atoms with Gasteiger partial charge in [0.1, 0.15) is 0 Å². The van der Waals surface area contributed by atoms with Crippen molar-refractivity contribution in [2.45, 2.75) is 12.3 Å². The molecule has 0 heterocycles. The minimum Gasteiger partial charge on any atom is -0.382 e. The van der Waals surface area contributed by atoms with E-state index < -0.39 is 23.7 Å². The van der Waals surface area contributed by atoms with Gasteiger partial charge in [0.2, 0.25) is 0 Å². The fourth-order valence-corrected chi connectivity index (χ4v) is 1.81. The van der Waals surface area contributed by atoms with Gasteiger partial charge in [-0.25, -0.2) is 0 Å². The van der Waals surface area contributed by atoms with E-state index in [1.54, 1.807) is 22.6 Å². The van der Waals surface area contributed by atoms with Crippen LogP contribution in [0.1, 0.15) is 0 Å². The van der Waals surface area contributed by atoms with E-state index in [9.17, 15) is 23.3 Å². The van der Waals surface area contributed by atoms with Gasteiger partial charge in [-0.2, -0.15) is 13.2 Å². The highest BCUT2D eigenvalue weighted by molar-refractivity contribution is 14.1. The molecule has 0 radical (unpaired) electrons. The zero-order valence-electron chi connectivity index (χ0n) is 8.74. The Morgan fingerprint density at radius 3 is 2.56 bits per heavy atom. The second-order valence-corrected chi connectivity index (χ2v) is 4.52. The molecule has 0 aliphatic heterocycles. The van der Waals surface area contributed by atoms with E-state index in [2.05, 4.69) is 5.32 Å². The number of nitrogens with zero attached hydrogens (tertiary/aromatic N) is 1. The van der Waals surface area contributed by atoms with Crippen LogP contribution < -0.4 is 5.32 Å². The number of nitrogens with one attached hydrogen (secondary N) is 1. The Morgan fingerprint density at radius 1 is 1.50 bits per heavy atom. The largest absolute Gasteiger partial charge is 0.416 e. The summed E-state index contributed by atoms with van der Waals surface area (Å²) >= 11 is 1.71. The topological polar surface area (TPSA) is 75.4 Å². The third-order valence-corrected chi connectivity index (χ3v) is 2.89. The Morgan fingerprint density at radius 2 is 2.11 bits per heavy atom. The quantitative estimate of drug-likeness (QED) is 0.481. The molecule has 0 saturated heterocycles. The number of hydrogen-bond donors (Lipinski definition) is 2. The molecule has 1 atom stereocenters. The fraction of sp³-hybridized carbons (Fsp3) is 0.333. The summed E-state index contributed by atoms with van der Waals surface area (Å²) in [7, 11) is 0. The molecule has 1 aromatic rings. The van der Waals surface area contributed by atoms with Crippen molar-refractivity contribution in [1.82, 2.24) is 0 Å². The number of benzene rings is 1. The summed E-state index contributed by atoms with van der Waals surface area (Å²) in [6, 6.07) is 3.80. The highest BCUT2D eigenvalue weighted by Crippen LogP contribution is 2.25. The first-order valence-electron chi connectivity index (χ1n) is 4.64. The monoisotopic (exact) mass is 376 g/mol. The highest BCUT2D eigenvalue weighted by Gasteiger charge is 2.37. The second kappa shape index (κ2) is 5.69. The summed E-state index contributed by atoms with van der Waals surface area (Å²) in [6.07, 6.45) is -7.17. The molecule has 18 heavy (non-hydrogen) atoms. The SMILES string of the molecule is O=[N+]([O-])c1ccc(NCC(O)C(F)(F)F)cc1I. The van der Waals surface area contributed by atoms with E-state index in [0.29, 0.717) is 3.57 Å². The molecule has 0 fully saturated rings. The van der Waals surface area contributed by atoms with E-state index in [1.165, 1.54) is 18.2 Å². The molecule has 1 unspecified atom stereocenters. The van der Waals surface area contributed by atoms with Crippen molar-refractivity contribution in [3.63, 3.8) is 0 Å². The number of nitro groups is 1. The van der Waals surface area contributed by atoms with Gasteiger partial charge < -0.3 is 10.4 Å². The lowest BCUT2D eigenvalue weighted by molar-refractivity contribution is -0.385. The first-order chi connectivity index (χ1) is 8.21. The van der Waals surface area contributed by atoms with Crippen LogP contribution in [0.5, 0.6) is 0 Å². The second-order valence-electron chi connectivity index (χ2n) is 3.36. The summed E-state index contributed by atoms with van der Waals surface area (Å²) in [6.45, 7) is -0.711. The number of alkyl halides is 3. The summed E-state index contributed by atoms with van der Waals surface area (Å²) in [5.41, 5.74) is 0.144. The molecule has 1 aromatic carbocycles. The molecule has 0 aliphatic carbocycles. The standard InChI is InChI=1S/C9H8F3IN2O3/c10-9(11,12)8(16)4-14-5-1-2-7(15(17)18)6(13)3-5/h1-3,8,14,16H,4H2. The number of anilines is 1. The van der Waals surface area contributed by atoms with Crippen molar-refractivity contribution in [1.29, 1.82) is 0 Å². The third kappa shape index (κ3) is 3.98. The Hall–Kier alpha value is -1.10. The maximum Gasteiger partial charge on any atom is 0.416 e. The lowest BCUT2D eigenvalue weighted by Crippen LogP contribution is -2.35. The summed E-state index contributed by atoms with van der Waals surface area (Å²) in [5, 5.41) is 21.6. The van der Waals surface area contributed by atoms with Crippen molar-refractivity contribution in [2.24, 2.45) is 0 Å². The van der Waals surface area contributed by atoms with E-state index in [0.717, 1.165) is 0 Å². The van der Waals surface area contributed by atoms with E-state index in [4.69, 9.17) is 5.11 Å². The van der Waals surface area contributed by atoms with Crippen molar-refractivity contribution in [3.05, 3.63) is 31.9 Å². The molecule has 0 aliphatic rings. The zero-order valence-corrected chi connectivity index (χ0v) is 10.9. The van der Waals surface area contributed by atoms with Crippen LogP contribution in [0.4, 0.5) is 24.5 Å². The van der Waals surface area contributed by atoms with Crippen molar-refractivity contribution in [2.75, 3.05) is 11.9 Å². The van der Waals surface area contributed by atoms with Crippen LogP contribution in [-0.2, 0) is 0 Å². The van der Waals surface area contributed by atoms with Crippen LogP contribution >= 0.6 is 22.6 Å². The Bertz CT molecular complexity index is 453. The van der Waals surface area contributed by atoms with Gasteiger partial charge in [-0.15, -0.1) is 0 Å². The molecular weight excluding hydrogens is 368 g/mol. The van der Waals surface area contributed by atoms with E-state index in [1.807, 2.05) is 0 Å². The van der Waals surface area contributed by atoms with Crippen LogP contribution in [-0.4, -0.2) is 28.9 Å². The smallest absolute Gasteiger partial charge is 0.382 e. The first kappa shape index (κ1) is 15.0. The number of aliphatic hydroxyl groups excluding tert-OH is 1. The predicted octanol–water partition coefficient (Wildman–Crippen LogP) is 2.53. The van der Waals surface area contributed by atoms with Crippen molar-refractivity contribution in [3.8, 4) is 0 Å². The van der Waals surface area contributed by atoms with Gasteiger partial charge >= 0.3 is 6.18 Å². The van der Waals surface area contributed by atoms with Crippen molar-refractivity contribution >= 4 is 34.0 Å². The lowest BCUT2D eigenvalue weighted by atomic mass is 10.2. The van der Waals surface area contributed by atoms with Gasteiger partial charge in [0.25, 0.3) is 5.69 Å². The summed E-state index contributed by atoms with van der Waals surface area (Å²) < 4.78 is 36.4. The summed E-state index contributed by atoms with van der Waals surface area (Å²) in [5.74, 6) is 0. The third-order valence-electron chi connectivity index (χ3n) is 2.02. The number of hydrogen-bond acceptors (Lipinski definition) is 4. The van der Waals surface area contributed by atoms with E-state index >= 15 is 0 Å². The Labute approximate surface area is 113 Å². The molecule has 0 aromatic heterocycles. The molecule has 0 spiro atoms. The van der Waals surface area contributed by atoms with Crippen LogP contribution in [0, 0.1) is 13.7 Å². The minimum absolute atomic E-state index is 0.127. The maximum absolute atomic E-state index is 12.0. The maximum atomic E-state index is 12.0. The van der Waals surface area contributed by atoms with Crippen molar-refractivity contribution < 1.29 is 23.2 Å². The molecule has 1 rings (SSSR count). The Kier molecular flexibility index (Phi) is 4.73. The van der Waals surface area contributed by atoms with Gasteiger partial charge in [0, 0.05) is 18.3 Å². The molecule has 0 saturated carbocycles. The number of aliphatic hydroxyl groups is 1. The lowest BCUT2D eigenvalue weighted by Gasteiger charge is -2.15. The molecule has 0 bridgehead atoms. The number of rotatable bonds is 4. The number of nitro benzene ring substituents is 1. The molecule has 9 heteroatoms. The number of halogens is 4. The first-order valence-corrected chi connectivity index (χ1v) is 5.72. The minimum atomic E-state index is -4.69. The average molecular weight is 376 g/mol. The van der Waals surface area contributed by atoms with E-state index in [-0.39, 0.29) is 11.4 Å². The normalized spacial score (nSPS) is 13.2. The molecular formula is C9H8F3IN2O3. The molecule has 100 valence electrons. The molecule has 0 amide bonds. The zero-order chi connectivity index (χ0) is 13.9. The van der Waals surface area contributed by atoms with Crippen LogP contribution in [0.15, 0.2) is 18.2 Å². The van der Waals surface area contributed by atoms with Gasteiger partial charge in [0.05, 0.1) is 8.49 Å². The highest BCUT2D eigenvalue weighted by atomic mass is 127. The molecule has 2 N–H and O–H groups in total. The van der Waals surface area contributed by atoms with Gasteiger partial charge in [-0.3, -0.25) is 10.1 Å².